The van der Waals surface area contributed by atoms with Gasteiger partial charge in [-0.1, -0.05) is 42.5 Å². The van der Waals surface area contributed by atoms with Gasteiger partial charge in [0.1, 0.15) is 0 Å². The van der Waals surface area contributed by atoms with Gasteiger partial charge in [0.15, 0.2) is 0 Å². The highest BCUT2D eigenvalue weighted by atomic mass is 32.1. The number of carbonyl (C=O) groups is 2. The van der Waals surface area contributed by atoms with Crippen molar-refractivity contribution in [2.45, 2.75) is 32.9 Å². The van der Waals surface area contributed by atoms with Gasteiger partial charge >= 0.3 is 11.7 Å². The molecular weight excluding hydrogens is 486 g/mol. The monoisotopic (exact) mass is 513 g/mol. The Kier molecular flexibility index (Phi) is 6.92. The lowest BCUT2D eigenvalue weighted by molar-refractivity contribution is -0.137. The third-order valence-electron chi connectivity index (χ3n) is 6.58. The number of imidazole rings is 1. The number of thiophene rings is 1. The number of carbonyl (C=O) groups excluding carboxylic acids is 1. The molecule has 188 valence electrons. The van der Waals surface area contributed by atoms with Crippen molar-refractivity contribution in [3.8, 4) is 0 Å². The number of hydrogen-bond donors (Lipinski definition) is 2. The number of fused-ring (bicyclic) bond motifs is 2. The molecule has 2 aromatic heterocycles. The van der Waals surface area contributed by atoms with Gasteiger partial charge in [-0.2, -0.15) is 0 Å². The van der Waals surface area contributed by atoms with Crippen molar-refractivity contribution in [2.75, 3.05) is 6.54 Å². The van der Waals surface area contributed by atoms with E-state index in [4.69, 9.17) is 0 Å². The lowest BCUT2D eigenvalue weighted by atomic mass is 10.1. The Morgan fingerprint density at radius 3 is 2.57 bits per heavy atom. The van der Waals surface area contributed by atoms with E-state index in [9.17, 15) is 19.5 Å². The zero-order valence-corrected chi connectivity index (χ0v) is 21.3. The number of nitrogens with one attached hydrogen (secondary N) is 1. The number of carboxylic acid groups (broad SMARTS) is 1. The van der Waals surface area contributed by atoms with Crippen molar-refractivity contribution in [2.24, 2.45) is 0 Å². The second kappa shape index (κ2) is 10.4. The van der Waals surface area contributed by atoms with Gasteiger partial charge in [0.05, 0.1) is 24.0 Å². The van der Waals surface area contributed by atoms with Crippen LogP contribution < -0.4 is 11.0 Å². The van der Waals surface area contributed by atoms with E-state index in [1.165, 1.54) is 4.57 Å². The highest BCUT2D eigenvalue weighted by Crippen LogP contribution is 2.30. The molecular formula is C29H27N3O4S. The largest absolute Gasteiger partial charge is 0.481 e. The molecule has 5 rings (SSSR count). The summed E-state index contributed by atoms with van der Waals surface area (Å²) in [7, 11) is 0. The number of carboxylic acids is 1. The summed E-state index contributed by atoms with van der Waals surface area (Å²) in [6.45, 7) is 2.93. The van der Waals surface area contributed by atoms with Crippen LogP contribution in [0.1, 0.15) is 33.5 Å². The summed E-state index contributed by atoms with van der Waals surface area (Å²) in [6.07, 6.45) is 0.523. The zero-order chi connectivity index (χ0) is 25.9. The van der Waals surface area contributed by atoms with E-state index < -0.39 is 5.97 Å². The molecule has 0 atom stereocenters. The van der Waals surface area contributed by atoms with Gasteiger partial charge in [-0.15, -0.1) is 11.3 Å². The first kappa shape index (κ1) is 24.5. The summed E-state index contributed by atoms with van der Waals surface area (Å²) in [6, 6.07) is 21.2. The zero-order valence-electron chi connectivity index (χ0n) is 20.4. The smallest absolute Gasteiger partial charge is 0.329 e. The van der Waals surface area contributed by atoms with Crippen LogP contribution in [0.15, 0.2) is 76.9 Å². The van der Waals surface area contributed by atoms with E-state index in [-0.39, 0.29) is 24.6 Å². The third kappa shape index (κ3) is 5.06. The van der Waals surface area contributed by atoms with Crippen molar-refractivity contribution in [3.05, 3.63) is 105 Å². The van der Waals surface area contributed by atoms with Crippen molar-refractivity contribution >= 4 is 44.3 Å². The molecule has 3 aromatic carbocycles. The van der Waals surface area contributed by atoms with Crippen LogP contribution in [0, 0.1) is 6.92 Å². The molecule has 0 unspecified atom stereocenters. The van der Waals surface area contributed by atoms with Gasteiger partial charge in [0, 0.05) is 28.7 Å². The molecule has 0 aliphatic heterocycles. The van der Waals surface area contributed by atoms with Crippen LogP contribution in [0.4, 0.5) is 0 Å². The molecule has 0 radical (unpaired) electrons. The number of rotatable bonds is 9. The summed E-state index contributed by atoms with van der Waals surface area (Å²) in [5, 5.41) is 15.4. The summed E-state index contributed by atoms with van der Waals surface area (Å²) in [5.41, 5.74) is 4.69. The summed E-state index contributed by atoms with van der Waals surface area (Å²) >= 11 is 1.64. The first-order chi connectivity index (χ1) is 17.9. The Morgan fingerprint density at radius 2 is 1.78 bits per heavy atom. The highest BCUT2D eigenvalue weighted by molar-refractivity contribution is 7.17. The Morgan fingerprint density at radius 1 is 0.973 bits per heavy atom. The average Bonchev–Trinajstić information content (AvgIpc) is 3.42. The Hall–Kier alpha value is -4.17. The maximum absolute atomic E-state index is 13.5. The fourth-order valence-electron chi connectivity index (χ4n) is 4.74. The number of amides is 1. The van der Waals surface area contributed by atoms with Crippen LogP contribution in [-0.2, 0) is 24.3 Å². The molecule has 0 spiro atoms. The predicted octanol–water partition coefficient (Wildman–Crippen LogP) is 4.82. The number of aromatic nitrogens is 2. The minimum atomic E-state index is -0.984. The molecule has 8 heteroatoms. The molecule has 0 fully saturated rings. The topological polar surface area (TPSA) is 93.3 Å². The lowest BCUT2D eigenvalue weighted by Crippen LogP contribution is -2.26. The fourth-order valence-corrected chi connectivity index (χ4v) is 5.76. The van der Waals surface area contributed by atoms with Gasteiger partial charge in [-0.25, -0.2) is 4.79 Å². The van der Waals surface area contributed by atoms with Crippen LogP contribution >= 0.6 is 11.3 Å². The molecule has 1 amide bonds. The highest BCUT2D eigenvalue weighted by Gasteiger charge is 2.18. The van der Waals surface area contributed by atoms with Gasteiger partial charge in [-0.3, -0.25) is 18.7 Å². The Labute approximate surface area is 217 Å². The minimum Gasteiger partial charge on any atom is -0.481 e. The molecule has 0 aliphatic carbocycles. The van der Waals surface area contributed by atoms with Crippen LogP contribution in [-0.4, -0.2) is 32.7 Å². The van der Waals surface area contributed by atoms with E-state index in [1.807, 2.05) is 36.4 Å². The predicted molar refractivity (Wildman–Crippen MR) is 147 cm³/mol. The van der Waals surface area contributed by atoms with Crippen molar-refractivity contribution < 1.29 is 14.7 Å². The minimum absolute atomic E-state index is 0.0279. The van der Waals surface area contributed by atoms with Crippen molar-refractivity contribution in [3.63, 3.8) is 0 Å². The Bertz CT molecular complexity index is 1660. The van der Waals surface area contributed by atoms with Gasteiger partial charge in [0.25, 0.3) is 5.91 Å². The van der Waals surface area contributed by atoms with Crippen LogP contribution in [0.2, 0.25) is 0 Å². The van der Waals surface area contributed by atoms with E-state index in [0.29, 0.717) is 36.1 Å². The number of nitrogens with zero attached hydrogens (tertiary/aromatic N) is 2. The van der Waals surface area contributed by atoms with Crippen LogP contribution in [0.25, 0.3) is 21.1 Å². The van der Waals surface area contributed by atoms with Gasteiger partial charge in [0.2, 0.25) is 0 Å². The number of aryl methyl sites for hydroxylation is 2. The van der Waals surface area contributed by atoms with Crippen LogP contribution in [0.3, 0.4) is 0 Å². The molecule has 7 nitrogen and oxygen atoms in total. The standard InChI is InChI=1S/C29H27N3O4S/c1-19-6-5-9-25-27(19)22(18-37-25)17-32-23-11-10-21(16-24(23)31(29(32)36)15-13-26(33)34)28(35)30-14-12-20-7-3-2-4-8-20/h2-11,16,18H,12-15,17H2,1H3,(H,30,35)(H,33,34). The maximum Gasteiger partial charge on any atom is 0.329 e. The maximum atomic E-state index is 13.5. The van der Waals surface area contributed by atoms with Crippen molar-refractivity contribution in [1.82, 2.24) is 14.5 Å². The quantitative estimate of drug-likeness (QED) is 0.296. The van der Waals surface area contributed by atoms with Crippen LogP contribution in [0.5, 0.6) is 0 Å². The number of hydrogen-bond acceptors (Lipinski definition) is 4. The average molecular weight is 514 g/mol. The second-order valence-corrected chi connectivity index (χ2v) is 9.98. The molecule has 0 saturated carbocycles. The molecule has 2 heterocycles. The normalized spacial score (nSPS) is 11.3. The van der Waals surface area contributed by atoms with E-state index >= 15 is 0 Å². The summed E-state index contributed by atoms with van der Waals surface area (Å²) < 4.78 is 4.29. The summed E-state index contributed by atoms with van der Waals surface area (Å²) in [4.78, 5) is 37.7. The van der Waals surface area contributed by atoms with Crippen molar-refractivity contribution in [1.29, 1.82) is 0 Å². The third-order valence-corrected chi connectivity index (χ3v) is 7.58. The molecule has 0 saturated heterocycles. The number of benzene rings is 3. The SMILES string of the molecule is Cc1cccc2scc(Cn3c(=O)n(CCC(=O)O)c4cc(C(=O)NCCc5ccccc5)ccc43)c12. The van der Waals surface area contributed by atoms with Gasteiger partial charge < -0.3 is 10.4 Å². The first-order valence-corrected chi connectivity index (χ1v) is 13.0. The molecule has 0 aliphatic rings. The molecule has 2 N–H and O–H groups in total. The van der Waals surface area contributed by atoms with E-state index in [0.717, 1.165) is 26.8 Å². The molecule has 37 heavy (non-hydrogen) atoms. The lowest BCUT2D eigenvalue weighted by Gasteiger charge is -2.07. The molecule has 5 aromatic rings. The van der Waals surface area contributed by atoms with Gasteiger partial charge in [-0.05, 0) is 59.7 Å². The summed E-state index contributed by atoms with van der Waals surface area (Å²) in [5.74, 6) is -1.22. The first-order valence-electron chi connectivity index (χ1n) is 12.1. The fraction of sp³-hybridized carbons (Fsp3) is 0.207. The number of aliphatic carboxylic acids is 1. The molecule has 0 bridgehead atoms. The van der Waals surface area contributed by atoms with E-state index in [1.54, 1.807) is 34.1 Å². The second-order valence-electron chi connectivity index (χ2n) is 9.07. The van der Waals surface area contributed by atoms with E-state index in [2.05, 4.69) is 29.8 Å². The Balaban J connectivity index is 1.47.